The highest BCUT2D eigenvalue weighted by Gasteiger charge is 2.15. The molecule has 0 aromatic heterocycles. The van der Waals surface area contributed by atoms with Gasteiger partial charge in [-0.15, -0.1) is 0 Å². The number of nitro groups is 1. The van der Waals surface area contributed by atoms with Crippen molar-refractivity contribution < 1.29 is 4.92 Å². The van der Waals surface area contributed by atoms with Crippen LogP contribution in [0.4, 0.5) is 5.69 Å². The van der Waals surface area contributed by atoms with Gasteiger partial charge in [0.25, 0.3) is 5.69 Å². The molecule has 0 radical (unpaired) electrons. The lowest BCUT2D eigenvalue weighted by Crippen LogP contribution is -2.17. The zero-order valence-corrected chi connectivity index (χ0v) is 13.8. The first-order valence-corrected chi connectivity index (χ1v) is 7.49. The SMILES string of the molecule is CN(Cc1ccc(Cl)cc1)Cc1cccc([N+](=O)[O-])c1Br. The quantitative estimate of drug-likeness (QED) is 0.569. The first kappa shape index (κ1) is 15.9. The maximum Gasteiger partial charge on any atom is 0.283 e. The van der Waals surface area contributed by atoms with Crippen LogP contribution in [0.25, 0.3) is 0 Å². The Morgan fingerprint density at radius 3 is 2.48 bits per heavy atom. The Kier molecular flexibility index (Phi) is 5.33. The summed E-state index contributed by atoms with van der Waals surface area (Å²) in [5.41, 5.74) is 2.12. The van der Waals surface area contributed by atoms with Crippen molar-refractivity contribution in [2.75, 3.05) is 7.05 Å². The Balaban J connectivity index is 2.09. The van der Waals surface area contributed by atoms with Gasteiger partial charge in [-0.3, -0.25) is 15.0 Å². The highest BCUT2D eigenvalue weighted by Crippen LogP contribution is 2.29. The summed E-state index contributed by atoms with van der Waals surface area (Å²) in [6.07, 6.45) is 0. The summed E-state index contributed by atoms with van der Waals surface area (Å²) in [5, 5.41) is 11.6. The summed E-state index contributed by atoms with van der Waals surface area (Å²) in [7, 11) is 1.97. The molecular weight excluding hydrogens is 356 g/mol. The van der Waals surface area contributed by atoms with E-state index in [0.717, 1.165) is 17.7 Å². The predicted octanol–water partition coefficient (Wildman–Crippen LogP) is 4.64. The fraction of sp³-hybridized carbons (Fsp3) is 0.200. The summed E-state index contributed by atoms with van der Waals surface area (Å²) >= 11 is 9.18. The number of benzene rings is 2. The third-order valence-corrected chi connectivity index (χ3v) is 4.23. The van der Waals surface area contributed by atoms with Crippen LogP contribution in [0.3, 0.4) is 0 Å². The van der Waals surface area contributed by atoms with Crippen molar-refractivity contribution in [3.05, 3.63) is 73.2 Å². The van der Waals surface area contributed by atoms with Crippen molar-refractivity contribution in [3.63, 3.8) is 0 Å². The number of hydrogen-bond donors (Lipinski definition) is 0. The van der Waals surface area contributed by atoms with Crippen LogP contribution in [-0.2, 0) is 13.1 Å². The molecule has 0 saturated heterocycles. The van der Waals surface area contributed by atoms with E-state index in [2.05, 4.69) is 20.8 Å². The van der Waals surface area contributed by atoms with Crippen LogP contribution in [0.15, 0.2) is 46.9 Å². The second-order valence-electron chi connectivity index (χ2n) is 4.81. The molecule has 0 heterocycles. The molecular formula is C15H14BrClN2O2. The Labute approximate surface area is 136 Å². The van der Waals surface area contributed by atoms with Crippen LogP contribution in [0.1, 0.15) is 11.1 Å². The Morgan fingerprint density at radius 2 is 1.86 bits per heavy atom. The van der Waals surface area contributed by atoms with E-state index in [9.17, 15) is 10.1 Å². The largest absolute Gasteiger partial charge is 0.298 e. The summed E-state index contributed by atoms with van der Waals surface area (Å²) in [4.78, 5) is 12.6. The maximum atomic E-state index is 10.9. The first-order valence-electron chi connectivity index (χ1n) is 6.32. The van der Waals surface area contributed by atoms with Gasteiger partial charge in [0.15, 0.2) is 0 Å². The summed E-state index contributed by atoms with van der Waals surface area (Å²) in [6.45, 7) is 1.36. The minimum atomic E-state index is -0.382. The lowest BCUT2D eigenvalue weighted by atomic mass is 10.1. The van der Waals surface area contributed by atoms with Crippen LogP contribution in [0.5, 0.6) is 0 Å². The van der Waals surface area contributed by atoms with E-state index in [4.69, 9.17) is 11.6 Å². The third kappa shape index (κ3) is 4.27. The van der Waals surface area contributed by atoms with Crippen LogP contribution >= 0.6 is 27.5 Å². The molecule has 0 aliphatic carbocycles. The fourth-order valence-corrected chi connectivity index (χ4v) is 2.74. The topological polar surface area (TPSA) is 46.4 Å². The van der Waals surface area contributed by atoms with Gasteiger partial charge in [0.1, 0.15) is 0 Å². The Bertz CT molecular complexity index is 647. The minimum Gasteiger partial charge on any atom is -0.298 e. The molecule has 0 aliphatic heterocycles. The van der Waals surface area contributed by atoms with Gasteiger partial charge in [-0.25, -0.2) is 0 Å². The van der Waals surface area contributed by atoms with E-state index in [1.165, 1.54) is 6.07 Å². The number of halogens is 2. The Hall–Kier alpha value is -1.43. The molecule has 0 N–H and O–H groups in total. The molecule has 0 saturated carbocycles. The smallest absolute Gasteiger partial charge is 0.283 e. The average molecular weight is 370 g/mol. The molecule has 2 aromatic carbocycles. The molecule has 0 atom stereocenters. The van der Waals surface area contributed by atoms with Crippen molar-refractivity contribution in [1.82, 2.24) is 4.90 Å². The zero-order valence-electron chi connectivity index (χ0n) is 11.4. The molecule has 2 rings (SSSR count). The molecule has 2 aromatic rings. The number of hydrogen-bond acceptors (Lipinski definition) is 3. The maximum absolute atomic E-state index is 10.9. The van der Waals surface area contributed by atoms with Crippen LogP contribution in [0.2, 0.25) is 5.02 Å². The van der Waals surface area contributed by atoms with Gasteiger partial charge >= 0.3 is 0 Å². The molecule has 0 aliphatic rings. The van der Waals surface area contributed by atoms with Gasteiger partial charge in [-0.05, 0) is 46.2 Å². The van der Waals surface area contributed by atoms with E-state index in [-0.39, 0.29) is 10.6 Å². The molecule has 6 heteroatoms. The monoisotopic (exact) mass is 368 g/mol. The van der Waals surface area contributed by atoms with E-state index in [1.807, 2.05) is 37.4 Å². The van der Waals surface area contributed by atoms with Gasteiger partial charge in [-0.1, -0.05) is 35.9 Å². The predicted molar refractivity (Wildman–Crippen MR) is 87.4 cm³/mol. The average Bonchev–Trinajstić information content (AvgIpc) is 2.43. The summed E-state index contributed by atoms with van der Waals surface area (Å²) in [6, 6.07) is 12.7. The molecule has 0 bridgehead atoms. The summed E-state index contributed by atoms with van der Waals surface area (Å²) < 4.78 is 0.540. The molecule has 0 fully saturated rings. The van der Waals surface area contributed by atoms with Gasteiger partial charge in [0.05, 0.1) is 9.40 Å². The molecule has 21 heavy (non-hydrogen) atoms. The number of nitro benzene ring substituents is 1. The summed E-state index contributed by atoms with van der Waals surface area (Å²) in [5.74, 6) is 0. The van der Waals surface area contributed by atoms with Gasteiger partial charge < -0.3 is 0 Å². The van der Waals surface area contributed by atoms with Crippen LogP contribution in [0, 0.1) is 10.1 Å². The first-order chi connectivity index (χ1) is 9.97. The van der Waals surface area contributed by atoms with Crippen molar-refractivity contribution in [2.45, 2.75) is 13.1 Å². The van der Waals surface area contributed by atoms with Gasteiger partial charge in [0, 0.05) is 24.2 Å². The van der Waals surface area contributed by atoms with Gasteiger partial charge in [0.2, 0.25) is 0 Å². The van der Waals surface area contributed by atoms with Crippen molar-refractivity contribution in [2.24, 2.45) is 0 Å². The zero-order chi connectivity index (χ0) is 15.4. The van der Waals surface area contributed by atoms with E-state index >= 15 is 0 Å². The second-order valence-corrected chi connectivity index (χ2v) is 6.04. The lowest BCUT2D eigenvalue weighted by molar-refractivity contribution is -0.385. The highest BCUT2D eigenvalue weighted by molar-refractivity contribution is 9.10. The second kappa shape index (κ2) is 7.02. The highest BCUT2D eigenvalue weighted by atomic mass is 79.9. The molecule has 4 nitrogen and oxygen atoms in total. The van der Waals surface area contributed by atoms with Gasteiger partial charge in [-0.2, -0.15) is 0 Å². The van der Waals surface area contributed by atoms with Crippen molar-refractivity contribution in [3.8, 4) is 0 Å². The molecule has 0 spiro atoms. The molecule has 0 amide bonds. The lowest BCUT2D eigenvalue weighted by Gasteiger charge is -2.17. The normalized spacial score (nSPS) is 10.9. The van der Waals surface area contributed by atoms with Crippen molar-refractivity contribution >= 4 is 33.2 Å². The minimum absolute atomic E-state index is 0.0902. The van der Waals surface area contributed by atoms with Crippen molar-refractivity contribution in [1.29, 1.82) is 0 Å². The van der Waals surface area contributed by atoms with E-state index < -0.39 is 0 Å². The molecule has 110 valence electrons. The van der Waals surface area contributed by atoms with Crippen LogP contribution < -0.4 is 0 Å². The third-order valence-electron chi connectivity index (χ3n) is 3.06. The number of nitrogens with zero attached hydrogens (tertiary/aromatic N) is 2. The van der Waals surface area contributed by atoms with E-state index in [0.29, 0.717) is 16.0 Å². The van der Waals surface area contributed by atoms with Crippen LogP contribution in [-0.4, -0.2) is 16.9 Å². The van der Waals surface area contributed by atoms with E-state index in [1.54, 1.807) is 6.07 Å². The number of rotatable bonds is 5. The fourth-order valence-electron chi connectivity index (χ4n) is 2.08. The Morgan fingerprint density at radius 1 is 1.19 bits per heavy atom. The standard InChI is InChI=1S/C15H14BrClN2O2/c1-18(9-11-5-7-13(17)8-6-11)10-12-3-2-4-14(15(12)16)19(20)21/h2-8H,9-10H2,1H3. The molecule has 0 unspecified atom stereocenters.